The summed E-state index contributed by atoms with van der Waals surface area (Å²) < 4.78 is 41.1. The fourth-order valence-electron chi connectivity index (χ4n) is 2.28. The monoisotopic (exact) mass is 283 g/mol. The molecular formula is C12H12F3N5. The third kappa shape index (κ3) is 2.15. The molecule has 0 bridgehead atoms. The van der Waals surface area contributed by atoms with Gasteiger partial charge in [0.15, 0.2) is 17.3 Å². The fraction of sp³-hybridized carbons (Fsp3) is 0.417. The lowest BCUT2D eigenvalue weighted by Gasteiger charge is -2.21. The molecule has 0 aromatic carbocycles. The first-order chi connectivity index (χ1) is 9.47. The van der Waals surface area contributed by atoms with Crippen molar-refractivity contribution in [3.8, 4) is 11.6 Å². The van der Waals surface area contributed by atoms with Crippen LogP contribution in [0.25, 0.3) is 11.6 Å². The highest BCUT2D eigenvalue weighted by atomic mass is 19.4. The van der Waals surface area contributed by atoms with E-state index in [9.17, 15) is 13.2 Å². The Morgan fingerprint density at radius 1 is 1.30 bits per heavy atom. The number of aromatic nitrogens is 4. The summed E-state index contributed by atoms with van der Waals surface area (Å²) in [7, 11) is 1.69. The van der Waals surface area contributed by atoms with Gasteiger partial charge in [0, 0.05) is 31.5 Å². The van der Waals surface area contributed by atoms with Crippen molar-refractivity contribution >= 4 is 0 Å². The number of halogens is 3. The van der Waals surface area contributed by atoms with Crippen molar-refractivity contribution in [1.29, 1.82) is 0 Å². The van der Waals surface area contributed by atoms with Crippen molar-refractivity contribution in [2.75, 3.05) is 6.54 Å². The maximum atomic E-state index is 13.2. The molecule has 5 nitrogen and oxygen atoms in total. The van der Waals surface area contributed by atoms with Crippen molar-refractivity contribution in [2.24, 2.45) is 7.05 Å². The minimum atomic E-state index is -4.48. The molecule has 0 amide bonds. The van der Waals surface area contributed by atoms with Crippen LogP contribution in [0.4, 0.5) is 13.2 Å². The van der Waals surface area contributed by atoms with Gasteiger partial charge in [-0.3, -0.25) is 0 Å². The summed E-state index contributed by atoms with van der Waals surface area (Å²) in [4.78, 5) is 12.0. The van der Waals surface area contributed by atoms with Gasteiger partial charge in [-0.2, -0.15) is 13.2 Å². The number of nitrogens with zero attached hydrogens (tertiary/aromatic N) is 4. The van der Waals surface area contributed by atoms with Crippen LogP contribution < -0.4 is 5.32 Å². The molecule has 3 heterocycles. The molecular weight excluding hydrogens is 271 g/mol. The maximum Gasteiger partial charge on any atom is 0.433 e. The maximum absolute atomic E-state index is 13.2. The molecule has 8 heteroatoms. The lowest BCUT2D eigenvalue weighted by molar-refractivity contribution is -0.142. The Balaban J connectivity index is 2.21. The van der Waals surface area contributed by atoms with E-state index < -0.39 is 11.9 Å². The Labute approximate surface area is 112 Å². The van der Waals surface area contributed by atoms with Gasteiger partial charge in [-0.25, -0.2) is 15.0 Å². The second-order valence-corrected chi connectivity index (χ2v) is 4.61. The number of hydrogen-bond donors (Lipinski definition) is 1. The van der Waals surface area contributed by atoms with Gasteiger partial charge in [-0.15, -0.1) is 0 Å². The topological polar surface area (TPSA) is 55.6 Å². The van der Waals surface area contributed by atoms with Crippen molar-refractivity contribution in [1.82, 2.24) is 24.8 Å². The predicted octanol–water partition coefficient (Wildman–Crippen LogP) is 1.54. The highest BCUT2D eigenvalue weighted by Crippen LogP contribution is 2.33. The van der Waals surface area contributed by atoms with Gasteiger partial charge in [-0.05, 0) is 13.0 Å². The molecule has 0 unspecified atom stereocenters. The van der Waals surface area contributed by atoms with Crippen LogP contribution >= 0.6 is 0 Å². The molecule has 0 saturated carbocycles. The second-order valence-electron chi connectivity index (χ2n) is 4.61. The zero-order valence-electron chi connectivity index (χ0n) is 10.7. The summed E-state index contributed by atoms with van der Waals surface area (Å²) in [5.74, 6) is 0.330. The van der Waals surface area contributed by atoms with E-state index in [-0.39, 0.29) is 17.8 Å². The van der Waals surface area contributed by atoms with Crippen molar-refractivity contribution < 1.29 is 13.2 Å². The molecule has 0 radical (unpaired) electrons. The molecule has 20 heavy (non-hydrogen) atoms. The van der Waals surface area contributed by atoms with Crippen molar-refractivity contribution in [3.63, 3.8) is 0 Å². The molecule has 2 aromatic heterocycles. The standard InChI is InChI=1S/C12H12F3N5/c1-20-5-4-17-11(20)10-18-8-6-16-3-2-7(8)9(19-10)12(13,14)15/h4-5,16H,2-3,6H2,1H3. The number of alkyl halides is 3. The minimum absolute atomic E-state index is 0.00674. The third-order valence-corrected chi connectivity index (χ3v) is 3.23. The number of imidazole rings is 1. The quantitative estimate of drug-likeness (QED) is 0.862. The highest BCUT2D eigenvalue weighted by Gasteiger charge is 2.38. The Kier molecular flexibility index (Phi) is 2.97. The Hall–Kier alpha value is -1.96. The Morgan fingerprint density at radius 2 is 2.10 bits per heavy atom. The molecule has 0 saturated heterocycles. The first kappa shape index (κ1) is 13.0. The van der Waals surface area contributed by atoms with Crippen molar-refractivity contribution in [2.45, 2.75) is 19.1 Å². The fourth-order valence-corrected chi connectivity index (χ4v) is 2.28. The zero-order valence-corrected chi connectivity index (χ0v) is 10.7. The first-order valence-corrected chi connectivity index (χ1v) is 6.12. The third-order valence-electron chi connectivity index (χ3n) is 3.23. The SMILES string of the molecule is Cn1ccnc1-c1nc2c(c(C(F)(F)F)n1)CCNC2. The summed E-state index contributed by atoms with van der Waals surface area (Å²) in [5.41, 5.74) is -0.257. The molecule has 0 spiro atoms. The van der Waals surface area contributed by atoms with E-state index in [1.54, 1.807) is 17.8 Å². The number of rotatable bonds is 1. The predicted molar refractivity (Wildman–Crippen MR) is 64.6 cm³/mol. The molecule has 0 atom stereocenters. The summed E-state index contributed by atoms with van der Waals surface area (Å²) in [5, 5.41) is 3.02. The largest absolute Gasteiger partial charge is 0.433 e. The molecule has 3 rings (SSSR count). The normalized spacial score (nSPS) is 15.2. The average molecular weight is 283 g/mol. The van der Waals surface area contributed by atoms with E-state index >= 15 is 0 Å². The van der Waals surface area contributed by atoms with Crippen LogP contribution in [-0.2, 0) is 26.2 Å². The van der Waals surface area contributed by atoms with Crippen LogP contribution in [0.2, 0.25) is 0 Å². The molecule has 1 N–H and O–H groups in total. The van der Waals surface area contributed by atoms with E-state index in [1.807, 2.05) is 0 Å². The van der Waals surface area contributed by atoms with E-state index in [0.29, 0.717) is 24.6 Å². The second kappa shape index (κ2) is 4.55. The Bertz CT molecular complexity index is 647. The van der Waals surface area contributed by atoms with E-state index in [2.05, 4.69) is 20.3 Å². The molecule has 2 aromatic rings. The summed E-state index contributed by atoms with van der Waals surface area (Å²) in [6, 6.07) is 0. The first-order valence-electron chi connectivity index (χ1n) is 6.12. The van der Waals surface area contributed by atoms with Gasteiger partial charge < -0.3 is 9.88 Å². The van der Waals surface area contributed by atoms with Crippen LogP contribution in [0.15, 0.2) is 12.4 Å². The lowest BCUT2D eigenvalue weighted by Crippen LogP contribution is -2.29. The highest BCUT2D eigenvalue weighted by molar-refractivity contribution is 5.47. The van der Waals surface area contributed by atoms with Crippen LogP contribution in [0.3, 0.4) is 0 Å². The van der Waals surface area contributed by atoms with Crippen LogP contribution in [0.5, 0.6) is 0 Å². The number of hydrogen-bond acceptors (Lipinski definition) is 4. The van der Waals surface area contributed by atoms with Gasteiger partial charge >= 0.3 is 6.18 Å². The molecule has 0 fully saturated rings. The number of aryl methyl sites for hydroxylation is 1. The minimum Gasteiger partial charge on any atom is -0.331 e. The lowest BCUT2D eigenvalue weighted by atomic mass is 10.0. The van der Waals surface area contributed by atoms with Gasteiger partial charge in [0.25, 0.3) is 0 Å². The van der Waals surface area contributed by atoms with Gasteiger partial charge in [0.1, 0.15) is 0 Å². The van der Waals surface area contributed by atoms with Crippen LogP contribution in [0, 0.1) is 0 Å². The van der Waals surface area contributed by atoms with E-state index in [4.69, 9.17) is 0 Å². The van der Waals surface area contributed by atoms with Crippen LogP contribution in [0.1, 0.15) is 17.0 Å². The molecule has 1 aliphatic rings. The summed E-state index contributed by atoms with van der Waals surface area (Å²) in [6.45, 7) is 0.819. The Morgan fingerprint density at radius 3 is 2.75 bits per heavy atom. The summed E-state index contributed by atoms with van der Waals surface area (Å²) in [6.07, 6.45) is -1.05. The average Bonchev–Trinajstić information content (AvgIpc) is 2.82. The smallest absolute Gasteiger partial charge is 0.331 e. The number of fused-ring (bicyclic) bond motifs is 1. The van der Waals surface area contributed by atoms with Gasteiger partial charge in [0.2, 0.25) is 0 Å². The van der Waals surface area contributed by atoms with Crippen molar-refractivity contribution in [3.05, 3.63) is 29.3 Å². The van der Waals surface area contributed by atoms with Gasteiger partial charge in [0.05, 0.1) is 5.69 Å². The molecule has 106 valence electrons. The van der Waals surface area contributed by atoms with E-state index in [1.165, 1.54) is 6.20 Å². The van der Waals surface area contributed by atoms with Gasteiger partial charge in [-0.1, -0.05) is 0 Å². The molecule has 1 aliphatic heterocycles. The summed E-state index contributed by atoms with van der Waals surface area (Å²) >= 11 is 0. The molecule has 0 aliphatic carbocycles. The van der Waals surface area contributed by atoms with Crippen LogP contribution in [-0.4, -0.2) is 26.1 Å². The van der Waals surface area contributed by atoms with E-state index in [0.717, 1.165) is 0 Å². The number of nitrogens with one attached hydrogen (secondary N) is 1. The zero-order chi connectivity index (χ0) is 14.3.